The van der Waals surface area contributed by atoms with Crippen LogP contribution in [-0.4, -0.2) is 25.5 Å². The van der Waals surface area contributed by atoms with Gasteiger partial charge in [-0.05, 0) is 49.1 Å². The van der Waals surface area contributed by atoms with Crippen molar-refractivity contribution in [3.8, 4) is 0 Å². The van der Waals surface area contributed by atoms with Gasteiger partial charge in [-0.25, -0.2) is 0 Å². The van der Waals surface area contributed by atoms with E-state index in [0.29, 0.717) is 6.54 Å². The van der Waals surface area contributed by atoms with Crippen LogP contribution in [0.15, 0.2) is 54.6 Å². The van der Waals surface area contributed by atoms with Crippen LogP contribution < -0.4 is 10.2 Å². The minimum absolute atomic E-state index is 0.00361. The summed E-state index contributed by atoms with van der Waals surface area (Å²) in [5, 5.41) is 2.98. The van der Waals surface area contributed by atoms with Crippen LogP contribution in [-0.2, 0) is 6.42 Å². The molecule has 1 aliphatic heterocycles. The number of nitrogens with one attached hydrogen (secondary N) is 1. The molecule has 1 heterocycles. The Morgan fingerprint density at radius 2 is 1.64 bits per heavy atom. The Morgan fingerprint density at radius 1 is 0.955 bits per heavy atom. The average molecular weight is 294 g/mol. The summed E-state index contributed by atoms with van der Waals surface area (Å²) in [6, 6.07) is 18.2. The van der Waals surface area contributed by atoms with Gasteiger partial charge in [0.25, 0.3) is 5.91 Å². The summed E-state index contributed by atoms with van der Waals surface area (Å²) in [4.78, 5) is 14.5. The molecule has 0 aromatic heterocycles. The number of rotatable bonds is 5. The van der Waals surface area contributed by atoms with Crippen LogP contribution in [0.4, 0.5) is 5.69 Å². The van der Waals surface area contributed by atoms with E-state index >= 15 is 0 Å². The van der Waals surface area contributed by atoms with E-state index < -0.39 is 0 Å². The molecule has 1 N–H and O–H groups in total. The normalized spacial score (nSPS) is 14.1. The van der Waals surface area contributed by atoms with E-state index in [2.05, 4.69) is 34.5 Å². The molecule has 0 saturated carbocycles. The van der Waals surface area contributed by atoms with Gasteiger partial charge in [0, 0.05) is 30.9 Å². The predicted octanol–water partition coefficient (Wildman–Crippen LogP) is 3.26. The fraction of sp³-hybridized carbons (Fsp3) is 0.316. The molecule has 0 aliphatic carbocycles. The Labute approximate surface area is 132 Å². The first-order valence-corrected chi connectivity index (χ1v) is 8.00. The minimum Gasteiger partial charge on any atom is -0.372 e. The van der Waals surface area contributed by atoms with Crippen LogP contribution in [0.25, 0.3) is 0 Å². The van der Waals surface area contributed by atoms with E-state index in [9.17, 15) is 4.79 Å². The Bertz CT molecular complexity index is 601. The maximum Gasteiger partial charge on any atom is 0.251 e. The SMILES string of the molecule is O=C(NCCc1ccccc1)c1ccc(N2CCCC2)cc1. The second-order valence-corrected chi connectivity index (χ2v) is 5.73. The molecule has 1 aliphatic rings. The fourth-order valence-corrected chi connectivity index (χ4v) is 2.87. The zero-order chi connectivity index (χ0) is 15.2. The lowest BCUT2D eigenvalue weighted by atomic mass is 10.1. The highest BCUT2D eigenvalue weighted by Crippen LogP contribution is 2.20. The lowest BCUT2D eigenvalue weighted by molar-refractivity contribution is 0.0954. The third-order valence-electron chi connectivity index (χ3n) is 4.14. The van der Waals surface area contributed by atoms with Gasteiger partial charge in [-0.3, -0.25) is 4.79 Å². The molecule has 2 aromatic carbocycles. The van der Waals surface area contributed by atoms with E-state index in [-0.39, 0.29) is 5.91 Å². The molecule has 2 aromatic rings. The van der Waals surface area contributed by atoms with Gasteiger partial charge < -0.3 is 10.2 Å². The second kappa shape index (κ2) is 7.12. The first-order chi connectivity index (χ1) is 10.8. The van der Waals surface area contributed by atoms with E-state index in [0.717, 1.165) is 25.1 Å². The zero-order valence-corrected chi connectivity index (χ0v) is 12.8. The van der Waals surface area contributed by atoms with Gasteiger partial charge in [-0.2, -0.15) is 0 Å². The summed E-state index contributed by atoms with van der Waals surface area (Å²) in [7, 11) is 0. The standard InChI is InChI=1S/C19H22N2O/c22-19(20-13-12-16-6-2-1-3-7-16)17-8-10-18(11-9-17)21-14-4-5-15-21/h1-3,6-11H,4-5,12-15H2,(H,20,22). The quantitative estimate of drug-likeness (QED) is 0.918. The molecular formula is C19H22N2O. The van der Waals surface area contributed by atoms with Crippen LogP contribution in [0.3, 0.4) is 0 Å². The number of carbonyl (C=O) groups excluding carboxylic acids is 1. The summed E-state index contributed by atoms with van der Waals surface area (Å²) in [6.45, 7) is 2.92. The van der Waals surface area contributed by atoms with Gasteiger partial charge in [0.15, 0.2) is 0 Å². The predicted molar refractivity (Wildman–Crippen MR) is 90.4 cm³/mol. The molecule has 22 heavy (non-hydrogen) atoms. The van der Waals surface area contributed by atoms with Crippen molar-refractivity contribution >= 4 is 11.6 Å². The Kier molecular flexibility index (Phi) is 4.74. The van der Waals surface area contributed by atoms with Crippen molar-refractivity contribution in [3.05, 3.63) is 65.7 Å². The third kappa shape index (κ3) is 3.67. The van der Waals surface area contributed by atoms with Crippen molar-refractivity contribution in [1.82, 2.24) is 5.32 Å². The molecular weight excluding hydrogens is 272 g/mol. The zero-order valence-electron chi connectivity index (χ0n) is 12.8. The number of anilines is 1. The molecule has 0 radical (unpaired) electrons. The third-order valence-corrected chi connectivity index (χ3v) is 4.14. The number of hydrogen-bond donors (Lipinski definition) is 1. The van der Waals surface area contributed by atoms with Crippen molar-refractivity contribution in [1.29, 1.82) is 0 Å². The van der Waals surface area contributed by atoms with Crippen molar-refractivity contribution in [2.45, 2.75) is 19.3 Å². The molecule has 114 valence electrons. The highest BCUT2D eigenvalue weighted by molar-refractivity contribution is 5.94. The molecule has 3 heteroatoms. The van der Waals surface area contributed by atoms with E-state index in [1.807, 2.05) is 30.3 Å². The first kappa shape index (κ1) is 14.6. The summed E-state index contributed by atoms with van der Waals surface area (Å²) < 4.78 is 0. The maximum absolute atomic E-state index is 12.1. The molecule has 0 bridgehead atoms. The number of amides is 1. The van der Waals surface area contributed by atoms with E-state index in [1.165, 1.54) is 24.1 Å². The van der Waals surface area contributed by atoms with Gasteiger partial charge >= 0.3 is 0 Å². The Balaban J connectivity index is 1.51. The van der Waals surface area contributed by atoms with Gasteiger partial charge in [-0.1, -0.05) is 30.3 Å². The second-order valence-electron chi connectivity index (χ2n) is 5.73. The van der Waals surface area contributed by atoms with E-state index in [4.69, 9.17) is 0 Å². The fourth-order valence-electron chi connectivity index (χ4n) is 2.87. The highest BCUT2D eigenvalue weighted by atomic mass is 16.1. The lowest BCUT2D eigenvalue weighted by Gasteiger charge is -2.17. The average Bonchev–Trinajstić information content (AvgIpc) is 3.10. The van der Waals surface area contributed by atoms with Crippen LogP contribution in [0.1, 0.15) is 28.8 Å². The lowest BCUT2D eigenvalue weighted by Crippen LogP contribution is -2.25. The number of hydrogen-bond acceptors (Lipinski definition) is 2. The maximum atomic E-state index is 12.1. The molecule has 3 nitrogen and oxygen atoms in total. The molecule has 1 amide bonds. The summed E-state index contributed by atoms with van der Waals surface area (Å²) >= 11 is 0. The van der Waals surface area contributed by atoms with Crippen LogP contribution in [0.2, 0.25) is 0 Å². The van der Waals surface area contributed by atoms with Crippen LogP contribution in [0, 0.1) is 0 Å². The number of benzene rings is 2. The van der Waals surface area contributed by atoms with Crippen LogP contribution in [0.5, 0.6) is 0 Å². The largest absolute Gasteiger partial charge is 0.372 e. The highest BCUT2D eigenvalue weighted by Gasteiger charge is 2.12. The van der Waals surface area contributed by atoms with Gasteiger partial charge in [0.1, 0.15) is 0 Å². The summed E-state index contributed by atoms with van der Waals surface area (Å²) in [5.74, 6) is 0.00361. The first-order valence-electron chi connectivity index (χ1n) is 8.00. The topological polar surface area (TPSA) is 32.3 Å². The molecule has 0 atom stereocenters. The van der Waals surface area contributed by atoms with Crippen molar-refractivity contribution < 1.29 is 4.79 Å². The molecule has 1 fully saturated rings. The number of carbonyl (C=O) groups is 1. The smallest absolute Gasteiger partial charge is 0.251 e. The Morgan fingerprint density at radius 3 is 2.32 bits per heavy atom. The van der Waals surface area contributed by atoms with Gasteiger partial charge in [0.05, 0.1) is 0 Å². The molecule has 3 rings (SSSR count). The van der Waals surface area contributed by atoms with Gasteiger partial charge in [-0.15, -0.1) is 0 Å². The molecule has 1 saturated heterocycles. The number of nitrogens with zero attached hydrogens (tertiary/aromatic N) is 1. The van der Waals surface area contributed by atoms with Crippen molar-refractivity contribution in [2.75, 3.05) is 24.5 Å². The minimum atomic E-state index is 0.00361. The summed E-state index contributed by atoms with van der Waals surface area (Å²) in [5.41, 5.74) is 3.20. The molecule has 0 spiro atoms. The molecule has 0 unspecified atom stereocenters. The van der Waals surface area contributed by atoms with Gasteiger partial charge in [0.2, 0.25) is 0 Å². The van der Waals surface area contributed by atoms with Crippen molar-refractivity contribution in [2.24, 2.45) is 0 Å². The van der Waals surface area contributed by atoms with Crippen LogP contribution >= 0.6 is 0 Å². The monoisotopic (exact) mass is 294 g/mol. The van der Waals surface area contributed by atoms with Crippen molar-refractivity contribution in [3.63, 3.8) is 0 Å². The van der Waals surface area contributed by atoms with E-state index in [1.54, 1.807) is 0 Å². The summed E-state index contributed by atoms with van der Waals surface area (Å²) in [6.07, 6.45) is 3.39. The Hall–Kier alpha value is -2.29.